The van der Waals surface area contributed by atoms with Gasteiger partial charge in [-0.3, -0.25) is 9.97 Å². The quantitative estimate of drug-likeness (QED) is 0.244. The highest BCUT2D eigenvalue weighted by atomic mass is 32.1. The summed E-state index contributed by atoms with van der Waals surface area (Å²) in [6, 6.07) is 6.98. The fourth-order valence-electron chi connectivity index (χ4n) is 3.54. The number of aromatic nitrogens is 2. The lowest BCUT2D eigenvalue weighted by molar-refractivity contribution is -0.00794. The molecular weight excluding hydrogens is 412 g/mol. The number of thiol groups is 1. The number of aryl methyl sites for hydroxylation is 1. The summed E-state index contributed by atoms with van der Waals surface area (Å²) < 4.78 is -1.01. The van der Waals surface area contributed by atoms with E-state index in [-0.39, 0.29) is 6.04 Å². The van der Waals surface area contributed by atoms with Crippen molar-refractivity contribution in [3.05, 3.63) is 60.2 Å². The number of benzene rings is 1. The van der Waals surface area contributed by atoms with E-state index in [9.17, 15) is 10.0 Å². The van der Waals surface area contributed by atoms with Crippen LogP contribution in [-0.2, 0) is 6.42 Å². The van der Waals surface area contributed by atoms with Crippen LogP contribution in [0.1, 0.15) is 49.1 Å². The number of quaternary nitrogens is 1. The highest BCUT2D eigenvalue weighted by molar-refractivity contribution is 7.79. The number of carbonyl (C=O) groups is 1. The number of urea groups is 1. The van der Waals surface area contributed by atoms with Crippen LogP contribution < -0.4 is 20.2 Å². The van der Waals surface area contributed by atoms with Crippen molar-refractivity contribution < 1.29 is 10.0 Å². The van der Waals surface area contributed by atoms with E-state index in [0.29, 0.717) is 12.2 Å². The molecule has 2 amide bonds. The number of nitrogens with zero attached hydrogens (tertiary/aromatic N) is 3. The van der Waals surface area contributed by atoms with Gasteiger partial charge < -0.3 is 10.6 Å². The van der Waals surface area contributed by atoms with Crippen LogP contribution in [-0.4, -0.2) is 33.8 Å². The summed E-state index contributed by atoms with van der Waals surface area (Å²) in [5.74, 6) is 0. The highest BCUT2D eigenvalue weighted by Gasteiger charge is 2.29. The lowest BCUT2D eigenvalue weighted by Crippen LogP contribution is -2.57. The molecule has 9 heteroatoms. The smallest absolute Gasteiger partial charge is 0.363 e. The molecule has 0 saturated heterocycles. The average Bonchev–Trinajstić information content (AvgIpc) is 2.75. The summed E-state index contributed by atoms with van der Waals surface area (Å²) in [5, 5.41) is 16.7. The van der Waals surface area contributed by atoms with Gasteiger partial charge in [0.2, 0.25) is 5.69 Å². The zero-order valence-electron chi connectivity index (χ0n) is 17.8. The van der Waals surface area contributed by atoms with Crippen molar-refractivity contribution >= 4 is 30.2 Å². The van der Waals surface area contributed by atoms with E-state index in [1.165, 1.54) is 6.42 Å². The van der Waals surface area contributed by atoms with Crippen LogP contribution in [0.15, 0.2) is 43.2 Å². The molecule has 1 aromatic heterocycles. The maximum atomic E-state index is 12.2. The van der Waals surface area contributed by atoms with E-state index in [1.807, 2.05) is 19.1 Å². The minimum Gasteiger partial charge on any atom is -0.383 e. The van der Waals surface area contributed by atoms with E-state index in [2.05, 4.69) is 45.4 Å². The zero-order chi connectivity index (χ0) is 22.3. The molecule has 31 heavy (non-hydrogen) atoms. The fourth-order valence-corrected chi connectivity index (χ4v) is 3.76. The molecule has 0 bridgehead atoms. The first-order chi connectivity index (χ1) is 14.8. The summed E-state index contributed by atoms with van der Waals surface area (Å²) in [4.78, 5) is 20.8. The van der Waals surface area contributed by atoms with Gasteiger partial charge in [-0.15, -0.1) is 5.43 Å². The maximum absolute atomic E-state index is 12.2. The van der Waals surface area contributed by atoms with Gasteiger partial charge >= 0.3 is 6.03 Å². The van der Waals surface area contributed by atoms with Crippen LogP contribution in [0.4, 0.5) is 10.5 Å². The third-order valence-electron chi connectivity index (χ3n) is 5.34. The molecule has 0 aliphatic heterocycles. The van der Waals surface area contributed by atoms with Crippen molar-refractivity contribution in [3.63, 3.8) is 0 Å². The zero-order valence-corrected chi connectivity index (χ0v) is 18.7. The van der Waals surface area contributed by atoms with Gasteiger partial charge in [0.15, 0.2) is 0 Å². The Hall–Kier alpha value is -2.62. The van der Waals surface area contributed by atoms with E-state index in [0.717, 1.165) is 54.8 Å². The Labute approximate surface area is 188 Å². The molecule has 1 saturated carbocycles. The maximum Gasteiger partial charge on any atom is 0.363 e. The lowest BCUT2D eigenvalue weighted by atomic mass is 9.96. The van der Waals surface area contributed by atoms with Crippen LogP contribution in [0.2, 0.25) is 0 Å². The second-order valence-corrected chi connectivity index (χ2v) is 8.47. The van der Waals surface area contributed by atoms with E-state index >= 15 is 0 Å². The topological polar surface area (TPSA) is 99.2 Å². The van der Waals surface area contributed by atoms with Crippen molar-refractivity contribution in [2.24, 2.45) is 0 Å². The minimum absolute atomic E-state index is 0.151. The standard InChI is InChI=1S/C22H30N6O2S/c1-16-14-25-21(15-24-16)17(2)23-13-12-18-8-10-20(11-9-18)28(30,31)27-22(29)26-19-6-4-3-5-7-19/h8-11,14-15,19,23,30-31H,2-7,12-13H2,1H3,(H-,26,27,29)/p+1. The summed E-state index contributed by atoms with van der Waals surface area (Å²) in [6.45, 7) is 6.56. The van der Waals surface area contributed by atoms with E-state index < -0.39 is 10.2 Å². The van der Waals surface area contributed by atoms with Gasteiger partial charge in [0.05, 0.1) is 17.6 Å². The number of amides is 2. The summed E-state index contributed by atoms with van der Waals surface area (Å²) in [5.41, 5.74) is 6.30. The molecule has 0 radical (unpaired) electrons. The number of rotatable bonds is 8. The number of carbonyl (C=O) groups excluding carboxylic acids is 1. The summed E-state index contributed by atoms with van der Waals surface area (Å²) in [6.07, 6.45) is 9.55. The second-order valence-electron chi connectivity index (χ2n) is 7.89. The minimum atomic E-state index is -1.01. The van der Waals surface area contributed by atoms with E-state index in [4.69, 9.17) is 0 Å². The first-order valence-electron chi connectivity index (χ1n) is 10.6. The van der Waals surface area contributed by atoms with Crippen LogP contribution >= 0.6 is 12.8 Å². The number of hydrogen-bond acceptors (Lipinski definition) is 6. The van der Waals surface area contributed by atoms with Crippen molar-refractivity contribution in [3.8, 4) is 0 Å². The van der Waals surface area contributed by atoms with Gasteiger partial charge in [-0.2, -0.15) is 5.21 Å². The van der Waals surface area contributed by atoms with Crippen LogP contribution in [0.25, 0.3) is 5.70 Å². The molecule has 4 N–H and O–H groups in total. The molecule has 1 atom stereocenters. The largest absolute Gasteiger partial charge is 0.383 e. The van der Waals surface area contributed by atoms with Gasteiger partial charge in [-0.1, -0.05) is 38.0 Å². The Bertz CT molecular complexity index is 880. The molecule has 8 nitrogen and oxygen atoms in total. The fraction of sp³-hybridized carbons (Fsp3) is 0.409. The predicted molar refractivity (Wildman–Crippen MR) is 125 cm³/mol. The number of hydrogen-bond donors (Lipinski definition) is 5. The lowest BCUT2D eigenvalue weighted by Gasteiger charge is -2.26. The first-order valence-corrected chi connectivity index (χ1v) is 11.0. The Morgan fingerprint density at radius 1 is 1.19 bits per heavy atom. The van der Waals surface area contributed by atoms with Gasteiger partial charge in [0.1, 0.15) is 18.5 Å². The molecule has 0 spiro atoms. The molecule has 166 valence electrons. The first kappa shape index (κ1) is 23.1. The Morgan fingerprint density at radius 2 is 1.90 bits per heavy atom. The van der Waals surface area contributed by atoms with Crippen LogP contribution in [0, 0.1) is 6.92 Å². The average molecular weight is 444 g/mol. The summed E-state index contributed by atoms with van der Waals surface area (Å²) in [7, 11) is 0. The van der Waals surface area contributed by atoms with Crippen molar-refractivity contribution in [2.45, 2.75) is 51.5 Å². The Kier molecular flexibility index (Phi) is 7.89. The van der Waals surface area contributed by atoms with Gasteiger partial charge in [0.25, 0.3) is 0 Å². The molecule has 1 heterocycles. The molecular formula is C22H31N6O2S+. The van der Waals surface area contributed by atoms with Crippen LogP contribution in [0.3, 0.4) is 0 Å². The monoisotopic (exact) mass is 443 g/mol. The van der Waals surface area contributed by atoms with Crippen molar-refractivity contribution in [2.75, 3.05) is 6.54 Å². The van der Waals surface area contributed by atoms with Gasteiger partial charge in [0, 0.05) is 35.1 Å². The summed E-state index contributed by atoms with van der Waals surface area (Å²) >= 11 is 4.20. The van der Waals surface area contributed by atoms with Crippen LogP contribution in [0.5, 0.6) is 0 Å². The van der Waals surface area contributed by atoms with Crippen molar-refractivity contribution in [1.29, 1.82) is 0 Å². The third kappa shape index (κ3) is 6.95. The Morgan fingerprint density at radius 3 is 2.55 bits per heavy atom. The highest BCUT2D eigenvalue weighted by Crippen LogP contribution is 2.22. The molecule has 1 fully saturated rings. The molecule has 2 aromatic rings. The van der Waals surface area contributed by atoms with Crippen molar-refractivity contribution in [1.82, 2.24) is 30.2 Å². The normalized spacial score (nSPS) is 16.2. The third-order valence-corrected chi connectivity index (χ3v) is 5.67. The van der Waals surface area contributed by atoms with E-state index in [1.54, 1.807) is 24.5 Å². The predicted octanol–water partition coefficient (Wildman–Crippen LogP) is 3.68. The molecule has 1 aliphatic carbocycles. The van der Waals surface area contributed by atoms with Gasteiger partial charge in [-0.25, -0.2) is 4.79 Å². The van der Waals surface area contributed by atoms with Gasteiger partial charge in [-0.05, 0) is 31.7 Å². The molecule has 1 aliphatic rings. The molecule has 1 aromatic carbocycles. The Balaban J connectivity index is 1.47. The second kappa shape index (κ2) is 10.6. The molecule has 1 unspecified atom stereocenters. The SMILES string of the molecule is C=C(NCCc1ccc([N+](O)(S)NC(=O)NC2CCCCC2)cc1)c1cnc(C)cn1. The molecule has 3 rings (SSSR count). The number of nitrogens with one attached hydrogen (secondary N) is 3.